The topological polar surface area (TPSA) is 50.6 Å². The Bertz CT molecular complexity index is 1020. The molecule has 6 nitrogen and oxygen atoms in total. The lowest BCUT2D eigenvalue weighted by Gasteiger charge is -2.41. The smallest absolute Gasteiger partial charge is 0.434 e. The molecule has 2 aromatic rings. The lowest BCUT2D eigenvalue weighted by atomic mass is 10.1. The second-order valence-electron chi connectivity index (χ2n) is 8.18. The summed E-state index contributed by atoms with van der Waals surface area (Å²) in [6, 6.07) is 5.24. The zero-order valence-corrected chi connectivity index (χ0v) is 19.1. The Morgan fingerprint density at radius 2 is 1.97 bits per heavy atom. The average Bonchev–Trinajstić information content (AvgIpc) is 3.51. The highest BCUT2D eigenvalue weighted by Crippen LogP contribution is 2.46. The minimum Gasteiger partial charge on any atom is -0.495 e. The lowest BCUT2D eigenvalue weighted by molar-refractivity contribution is -0.146. The van der Waals surface area contributed by atoms with Crippen molar-refractivity contribution in [1.29, 1.82) is 0 Å². The van der Waals surface area contributed by atoms with Gasteiger partial charge in [0.15, 0.2) is 5.69 Å². The Morgan fingerprint density at radius 1 is 1.25 bits per heavy atom. The zero-order chi connectivity index (χ0) is 23.2. The number of carbonyl (C=O) groups excluding carboxylic acids is 1. The largest absolute Gasteiger partial charge is 0.495 e. The van der Waals surface area contributed by atoms with E-state index in [1.807, 2.05) is 19.1 Å². The van der Waals surface area contributed by atoms with Gasteiger partial charge in [-0.05, 0) is 31.9 Å². The van der Waals surface area contributed by atoms with Gasteiger partial charge in [-0.3, -0.25) is 4.79 Å². The number of ether oxygens (including phenoxy) is 1. The summed E-state index contributed by atoms with van der Waals surface area (Å²) in [5.41, 5.74) is 0.0906. The molecule has 2 fully saturated rings. The molecule has 2 heterocycles. The molecular formula is C21H23Cl2F3N4O2. The van der Waals surface area contributed by atoms with Gasteiger partial charge in [0.1, 0.15) is 12.3 Å². The molecule has 1 saturated carbocycles. The molecule has 0 radical (unpaired) electrons. The highest BCUT2D eigenvalue weighted by atomic mass is 35.5. The van der Waals surface area contributed by atoms with Crippen molar-refractivity contribution in [3.05, 3.63) is 39.6 Å². The maximum Gasteiger partial charge on any atom is 0.434 e. The van der Waals surface area contributed by atoms with Crippen molar-refractivity contribution in [3.8, 4) is 5.75 Å². The van der Waals surface area contributed by atoms with E-state index in [1.54, 1.807) is 11.0 Å². The van der Waals surface area contributed by atoms with E-state index in [1.165, 1.54) is 7.11 Å². The van der Waals surface area contributed by atoms with E-state index < -0.39 is 24.3 Å². The number of nitrogens with zero attached hydrogens (tertiary/aromatic N) is 4. The minimum absolute atomic E-state index is 0.0567. The predicted octanol–water partition coefficient (Wildman–Crippen LogP) is 4.83. The molecule has 0 unspecified atom stereocenters. The lowest BCUT2D eigenvalue weighted by Crippen LogP contribution is -2.55. The fraction of sp³-hybridized carbons (Fsp3) is 0.524. The van der Waals surface area contributed by atoms with Crippen LogP contribution in [-0.2, 0) is 17.5 Å². The van der Waals surface area contributed by atoms with E-state index in [2.05, 4.69) is 10.00 Å². The number of amides is 1. The predicted molar refractivity (Wildman–Crippen MR) is 116 cm³/mol. The zero-order valence-electron chi connectivity index (χ0n) is 17.6. The van der Waals surface area contributed by atoms with E-state index >= 15 is 0 Å². The molecule has 1 amide bonds. The first-order chi connectivity index (χ1) is 15.1. The van der Waals surface area contributed by atoms with Crippen LogP contribution in [0.15, 0.2) is 18.2 Å². The molecule has 174 valence electrons. The van der Waals surface area contributed by atoms with Gasteiger partial charge in [0, 0.05) is 43.3 Å². The van der Waals surface area contributed by atoms with E-state index in [9.17, 15) is 18.0 Å². The van der Waals surface area contributed by atoms with Crippen LogP contribution in [-0.4, -0.2) is 53.4 Å². The Morgan fingerprint density at radius 3 is 2.56 bits per heavy atom. The highest BCUT2D eigenvalue weighted by Gasteiger charge is 2.43. The molecule has 0 spiro atoms. The number of hydrogen-bond donors (Lipinski definition) is 0. The first kappa shape index (κ1) is 23.0. The van der Waals surface area contributed by atoms with Gasteiger partial charge in [0.05, 0.1) is 22.8 Å². The number of piperazine rings is 1. The van der Waals surface area contributed by atoms with Gasteiger partial charge in [0.2, 0.25) is 5.91 Å². The van der Waals surface area contributed by atoms with Crippen molar-refractivity contribution in [1.82, 2.24) is 14.7 Å². The van der Waals surface area contributed by atoms with Crippen LogP contribution in [0.2, 0.25) is 10.0 Å². The number of benzene rings is 1. The summed E-state index contributed by atoms with van der Waals surface area (Å²) < 4.78 is 46.8. The molecule has 1 atom stereocenters. The molecule has 0 N–H and O–H groups in total. The Hall–Kier alpha value is -2.13. The summed E-state index contributed by atoms with van der Waals surface area (Å²) in [7, 11) is 1.54. The van der Waals surface area contributed by atoms with Crippen molar-refractivity contribution in [2.24, 2.45) is 0 Å². The van der Waals surface area contributed by atoms with Crippen molar-refractivity contribution in [2.75, 3.05) is 31.6 Å². The van der Waals surface area contributed by atoms with E-state index in [-0.39, 0.29) is 22.7 Å². The van der Waals surface area contributed by atoms with Gasteiger partial charge in [0.25, 0.3) is 0 Å². The molecule has 1 aromatic carbocycles. The van der Waals surface area contributed by atoms with Crippen LogP contribution < -0.4 is 9.64 Å². The maximum absolute atomic E-state index is 13.6. The third-order valence-electron chi connectivity index (χ3n) is 5.88. The molecule has 1 saturated heterocycles. The van der Waals surface area contributed by atoms with Crippen LogP contribution in [0.3, 0.4) is 0 Å². The third-order valence-corrected chi connectivity index (χ3v) is 6.57. The van der Waals surface area contributed by atoms with Gasteiger partial charge in [-0.15, -0.1) is 0 Å². The van der Waals surface area contributed by atoms with Crippen molar-refractivity contribution in [3.63, 3.8) is 0 Å². The number of hydrogen-bond acceptors (Lipinski definition) is 4. The van der Waals surface area contributed by atoms with Crippen molar-refractivity contribution in [2.45, 2.75) is 44.4 Å². The first-order valence-corrected chi connectivity index (χ1v) is 11.1. The van der Waals surface area contributed by atoms with Crippen LogP contribution in [0.25, 0.3) is 0 Å². The Balaban J connectivity index is 1.48. The van der Waals surface area contributed by atoms with Gasteiger partial charge in [-0.25, -0.2) is 4.68 Å². The number of alkyl halides is 3. The summed E-state index contributed by atoms with van der Waals surface area (Å²) in [4.78, 5) is 16.6. The van der Waals surface area contributed by atoms with Crippen LogP contribution >= 0.6 is 23.2 Å². The Kier molecular flexibility index (Phi) is 6.24. The first-order valence-electron chi connectivity index (χ1n) is 10.3. The second-order valence-corrected chi connectivity index (χ2v) is 8.96. The van der Waals surface area contributed by atoms with Gasteiger partial charge < -0.3 is 14.5 Å². The SMILES string of the molecule is COc1cc(N2CCN(C(=O)Cn3nc(C4CC4)c(Cl)c3C(F)(F)F)[C@@H](C)C2)ccc1Cl. The molecule has 2 aliphatic rings. The summed E-state index contributed by atoms with van der Waals surface area (Å²) in [5.74, 6) is 0.0775. The third kappa shape index (κ3) is 4.50. The normalized spacial score (nSPS) is 19.4. The molecule has 0 bridgehead atoms. The summed E-state index contributed by atoms with van der Waals surface area (Å²) >= 11 is 12.1. The van der Waals surface area contributed by atoms with Gasteiger partial charge >= 0.3 is 6.18 Å². The average molecular weight is 491 g/mol. The molecule has 11 heteroatoms. The Labute approximate surface area is 193 Å². The second kappa shape index (κ2) is 8.67. The van der Waals surface area contributed by atoms with Crippen molar-refractivity contribution >= 4 is 34.8 Å². The fourth-order valence-electron chi connectivity index (χ4n) is 4.09. The van der Waals surface area contributed by atoms with E-state index in [0.717, 1.165) is 23.2 Å². The number of anilines is 1. The highest BCUT2D eigenvalue weighted by molar-refractivity contribution is 6.32. The van der Waals surface area contributed by atoms with E-state index in [0.29, 0.717) is 30.4 Å². The summed E-state index contributed by atoms with van der Waals surface area (Å²) in [6.07, 6.45) is -3.16. The molecule has 32 heavy (non-hydrogen) atoms. The maximum atomic E-state index is 13.6. The molecule has 4 rings (SSSR count). The number of rotatable bonds is 5. The molecule has 1 aromatic heterocycles. The number of carbonyl (C=O) groups is 1. The van der Waals surface area contributed by atoms with Crippen LogP contribution in [0.1, 0.15) is 37.1 Å². The van der Waals surface area contributed by atoms with E-state index in [4.69, 9.17) is 27.9 Å². The van der Waals surface area contributed by atoms with Crippen LogP contribution in [0.5, 0.6) is 5.75 Å². The number of aromatic nitrogens is 2. The van der Waals surface area contributed by atoms with Gasteiger partial charge in [-0.2, -0.15) is 18.3 Å². The van der Waals surface area contributed by atoms with Crippen LogP contribution in [0.4, 0.5) is 18.9 Å². The van der Waals surface area contributed by atoms with Gasteiger partial charge in [-0.1, -0.05) is 23.2 Å². The fourth-order valence-corrected chi connectivity index (χ4v) is 4.68. The van der Waals surface area contributed by atoms with Crippen LogP contribution in [0, 0.1) is 0 Å². The summed E-state index contributed by atoms with van der Waals surface area (Å²) in [5, 5.41) is 4.18. The number of halogens is 5. The molecule has 1 aliphatic carbocycles. The monoisotopic (exact) mass is 490 g/mol. The quantitative estimate of drug-likeness (QED) is 0.602. The minimum atomic E-state index is -4.69. The summed E-state index contributed by atoms with van der Waals surface area (Å²) in [6.45, 7) is 2.79. The van der Waals surface area contributed by atoms with Crippen molar-refractivity contribution < 1.29 is 22.7 Å². The number of methoxy groups -OCH3 is 1. The standard InChI is InChI=1S/C21H23Cl2F3N4O2/c1-12-10-28(14-5-6-15(22)16(9-14)32-2)7-8-29(12)17(31)11-30-20(21(24,25)26)18(23)19(27-30)13-3-4-13/h5-6,9,12-13H,3-4,7-8,10-11H2,1-2H3/t12-/m0/s1. The molecule has 1 aliphatic heterocycles. The molecular weight excluding hydrogens is 468 g/mol.